The van der Waals surface area contributed by atoms with Crippen molar-refractivity contribution in [3.63, 3.8) is 0 Å². The van der Waals surface area contributed by atoms with E-state index in [2.05, 4.69) is 4.72 Å². The molecule has 7 heteroatoms. The van der Waals surface area contributed by atoms with Gasteiger partial charge in [-0.05, 0) is 26.0 Å². The van der Waals surface area contributed by atoms with Crippen molar-refractivity contribution in [1.82, 2.24) is 0 Å². The summed E-state index contributed by atoms with van der Waals surface area (Å²) in [7, 11) is -3.46. The SMILES string of the molecule is CC(C)OCCS(=O)(=O)Nc1ccccc1OCCN. The fraction of sp³-hybridized carbons (Fsp3) is 0.538. The maximum absolute atomic E-state index is 11.9. The molecule has 0 saturated heterocycles. The van der Waals surface area contributed by atoms with E-state index < -0.39 is 10.0 Å². The summed E-state index contributed by atoms with van der Waals surface area (Å²) in [5, 5.41) is 0. The molecule has 0 saturated carbocycles. The highest BCUT2D eigenvalue weighted by molar-refractivity contribution is 7.92. The summed E-state index contributed by atoms with van der Waals surface area (Å²) in [6.07, 6.45) is 0.00498. The number of hydrogen-bond donors (Lipinski definition) is 2. The first kappa shape index (κ1) is 16.7. The van der Waals surface area contributed by atoms with Crippen molar-refractivity contribution in [2.75, 3.05) is 30.2 Å². The largest absolute Gasteiger partial charge is 0.490 e. The van der Waals surface area contributed by atoms with Gasteiger partial charge in [0.25, 0.3) is 0 Å². The molecule has 0 spiro atoms. The van der Waals surface area contributed by atoms with E-state index >= 15 is 0 Å². The number of benzene rings is 1. The molecule has 114 valence electrons. The van der Waals surface area contributed by atoms with E-state index in [1.807, 2.05) is 13.8 Å². The number of ether oxygens (including phenoxy) is 2. The van der Waals surface area contributed by atoms with Crippen LogP contribution in [0.4, 0.5) is 5.69 Å². The molecular weight excluding hydrogens is 280 g/mol. The van der Waals surface area contributed by atoms with Crippen LogP contribution in [0.1, 0.15) is 13.8 Å². The minimum atomic E-state index is -3.46. The van der Waals surface area contributed by atoms with Crippen LogP contribution in [0.25, 0.3) is 0 Å². The third kappa shape index (κ3) is 6.23. The molecule has 0 aliphatic heterocycles. The van der Waals surface area contributed by atoms with Gasteiger partial charge in [0.1, 0.15) is 12.4 Å². The van der Waals surface area contributed by atoms with Crippen LogP contribution in [-0.4, -0.2) is 40.0 Å². The van der Waals surface area contributed by atoms with Crippen LogP contribution < -0.4 is 15.2 Å². The van der Waals surface area contributed by atoms with Gasteiger partial charge in [-0.3, -0.25) is 4.72 Å². The molecule has 6 nitrogen and oxygen atoms in total. The second-order valence-electron chi connectivity index (χ2n) is 4.47. The predicted molar refractivity (Wildman–Crippen MR) is 79.5 cm³/mol. The summed E-state index contributed by atoms with van der Waals surface area (Å²) in [4.78, 5) is 0. The zero-order valence-corrected chi connectivity index (χ0v) is 12.7. The molecule has 3 N–H and O–H groups in total. The van der Waals surface area contributed by atoms with Crippen LogP contribution in [0.2, 0.25) is 0 Å². The summed E-state index contributed by atoms with van der Waals surface area (Å²) in [5.74, 6) is 0.363. The summed E-state index contributed by atoms with van der Waals surface area (Å²) in [6.45, 7) is 4.56. The lowest BCUT2D eigenvalue weighted by molar-refractivity contribution is 0.0913. The molecule has 0 bridgehead atoms. The zero-order chi connectivity index (χ0) is 15.0. The number of nitrogens with two attached hydrogens (primary N) is 1. The molecule has 0 aliphatic rings. The number of anilines is 1. The van der Waals surface area contributed by atoms with E-state index in [0.29, 0.717) is 24.6 Å². The Morgan fingerprint density at radius 3 is 2.60 bits per heavy atom. The molecule has 0 atom stereocenters. The highest BCUT2D eigenvalue weighted by Gasteiger charge is 2.13. The van der Waals surface area contributed by atoms with Gasteiger partial charge in [0.2, 0.25) is 10.0 Å². The van der Waals surface area contributed by atoms with Crippen molar-refractivity contribution < 1.29 is 17.9 Å². The number of sulfonamides is 1. The first-order valence-electron chi connectivity index (χ1n) is 6.48. The molecule has 0 radical (unpaired) electrons. The first-order valence-corrected chi connectivity index (χ1v) is 8.14. The predicted octanol–water partition coefficient (Wildman–Crippen LogP) is 1.19. The van der Waals surface area contributed by atoms with Gasteiger partial charge in [-0.15, -0.1) is 0 Å². The average Bonchev–Trinajstić information content (AvgIpc) is 2.36. The van der Waals surface area contributed by atoms with Crippen molar-refractivity contribution in [3.8, 4) is 5.75 Å². The highest BCUT2D eigenvalue weighted by Crippen LogP contribution is 2.24. The first-order chi connectivity index (χ1) is 9.44. The Morgan fingerprint density at radius 1 is 1.25 bits per heavy atom. The Bertz CT molecular complexity index is 503. The quantitative estimate of drug-likeness (QED) is 0.715. The van der Waals surface area contributed by atoms with E-state index in [0.717, 1.165) is 0 Å². The van der Waals surface area contributed by atoms with Gasteiger partial charge < -0.3 is 15.2 Å². The Kier molecular flexibility index (Phi) is 6.77. The van der Waals surface area contributed by atoms with E-state index in [4.69, 9.17) is 15.2 Å². The van der Waals surface area contributed by atoms with Gasteiger partial charge >= 0.3 is 0 Å². The molecule has 0 aromatic heterocycles. The lowest BCUT2D eigenvalue weighted by atomic mass is 10.3. The Balaban J connectivity index is 2.66. The number of para-hydroxylation sites is 2. The van der Waals surface area contributed by atoms with Crippen LogP contribution in [0, 0.1) is 0 Å². The Hall–Kier alpha value is -1.31. The minimum Gasteiger partial charge on any atom is -0.490 e. The maximum atomic E-state index is 11.9. The molecule has 1 rings (SSSR count). The van der Waals surface area contributed by atoms with Gasteiger partial charge in [-0.25, -0.2) is 8.42 Å². The third-order valence-electron chi connectivity index (χ3n) is 2.33. The second-order valence-corrected chi connectivity index (χ2v) is 6.32. The van der Waals surface area contributed by atoms with Gasteiger partial charge in [-0.2, -0.15) is 0 Å². The minimum absolute atomic E-state index is 0.00498. The van der Waals surface area contributed by atoms with Gasteiger partial charge in [0.05, 0.1) is 24.2 Å². The molecule has 0 amide bonds. The summed E-state index contributed by atoms with van der Waals surface area (Å²) < 4.78 is 37.0. The summed E-state index contributed by atoms with van der Waals surface area (Å²) in [6, 6.07) is 6.84. The standard InChI is InChI=1S/C13H22N2O4S/c1-11(2)18-9-10-20(16,17)15-12-5-3-4-6-13(12)19-8-7-14/h3-6,11,15H,7-10,14H2,1-2H3. The number of hydrogen-bond acceptors (Lipinski definition) is 5. The number of rotatable bonds is 9. The van der Waals surface area contributed by atoms with Crippen molar-refractivity contribution >= 4 is 15.7 Å². The van der Waals surface area contributed by atoms with Crippen LogP contribution in [0.3, 0.4) is 0 Å². The van der Waals surface area contributed by atoms with Crippen LogP contribution in [-0.2, 0) is 14.8 Å². The average molecular weight is 302 g/mol. The lowest BCUT2D eigenvalue weighted by Gasteiger charge is -2.13. The van der Waals surface area contributed by atoms with Crippen molar-refractivity contribution in [3.05, 3.63) is 24.3 Å². The second kappa shape index (κ2) is 8.08. The Labute approximate surface area is 120 Å². The molecule has 0 heterocycles. The van der Waals surface area contributed by atoms with E-state index in [1.54, 1.807) is 24.3 Å². The molecule has 0 unspecified atom stereocenters. The number of nitrogens with one attached hydrogen (secondary N) is 1. The molecule has 0 aliphatic carbocycles. The molecule has 1 aromatic rings. The van der Waals surface area contributed by atoms with E-state index in [1.165, 1.54) is 0 Å². The third-order valence-corrected chi connectivity index (χ3v) is 3.57. The van der Waals surface area contributed by atoms with E-state index in [-0.39, 0.29) is 18.5 Å². The smallest absolute Gasteiger partial charge is 0.235 e. The molecule has 1 aromatic carbocycles. The molecular formula is C13H22N2O4S. The monoisotopic (exact) mass is 302 g/mol. The fourth-order valence-corrected chi connectivity index (χ4v) is 2.38. The Morgan fingerprint density at radius 2 is 1.95 bits per heavy atom. The molecule has 20 heavy (non-hydrogen) atoms. The van der Waals surface area contributed by atoms with Crippen molar-refractivity contribution in [2.45, 2.75) is 20.0 Å². The van der Waals surface area contributed by atoms with Crippen molar-refractivity contribution in [1.29, 1.82) is 0 Å². The van der Waals surface area contributed by atoms with Crippen LogP contribution in [0.15, 0.2) is 24.3 Å². The zero-order valence-electron chi connectivity index (χ0n) is 11.8. The van der Waals surface area contributed by atoms with Gasteiger partial charge in [0.15, 0.2) is 0 Å². The summed E-state index contributed by atoms with van der Waals surface area (Å²) in [5.41, 5.74) is 5.78. The topological polar surface area (TPSA) is 90.7 Å². The highest BCUT2D eigenvalue weighted by atomic mass is 32.2. The van der Waals surface area contributed by atoms with Crippen LogP contribution in [0.5, 0.6) is 5.75 Å². The van der Waals surface area contributed by atoms with Crippen LogP contribution >= 0.6 is 0 Å². The molecule has 0 fully saturated rings. The fourth-order valence-electron chi connectivity index (χ4n) is 1.46. The van der Waals surface area contributed by atoms with Crippen molar-refractivity contribution in [2.24, 2.45) is 5.73 Å². The van der Waals surface area contributed by atoms with Gasteiger partial charge in [-0.1, -0.05) is 12.1 Å². The van der Waals surface area contributed by atoms with E-state index in [9.17, 15) is 8.42 Å². The normalized spacial score (nSPS) is 11.6. The maximum Gasteiger partial charge on any atom is 0.235 e. The lowest BCUT2D eigenvalue weighted by Crippen LogP contribution is -2.22. The summed E-state index contributed by atoms with van der Waals surface area (Å²) >= 11 is 0. The van der Waals surface area contributed by atoms with Gasteiger partial charge in [0, 0.05) is 6.54 Å².